The number of carbonyl (C=O) groups excluding carboxylic acids is 1. The molecular weight excluding hydrogens is 546 g/mol. The molecule has 0 aromatic heterocycles. The van der Waals surface area contributed by atoms with Gasteiger partial charge >= 0.3 is 0 Å². The van der Waals surface area contributed by atoms with Crippen LogP contribution in [0.25, 0.3) is 6.08 Å². The SMILES string of the molecule is CCOc1cc(/C=C(\C#N)C(=O)Nc2cc(C)ccc2C)cc(I)c1OCc1ccccc1F. The molecule has 0 unspecified atom stereocenters. The molecule has 0 spiro atoms. The number of amides is 1. The minimum Gasteiger partial charge on any atom is -0.490 e. The predicted molar refractivity (Wildman–Crippen MR) is 139 cm³/mol. The Labute approximate surface area is 212 Å². The van der Waals surface area contributed by atoms with Crippen molar-refractivity contribution < 1.29 is 18.7 Å². The number of nitrogens with one attached hydrogen (secondary N) is 1. The minimum absolute atomic E-state index is 0.0413. The Morgan fingerprint density at radius 2 is 1.91 bits per heavy atom. The van der Waals surface area contributed by atoms with Crippen molar-refractivity contribution in [3.05, 3.63) is 91.8 Å². The van der Waals surface area contributed by atoms with Crippen LogP contribution in [0, 0.1) is 34.6 Å². The maximum atomic E-state index is 14.0. The van der Waals surface area contributed by atoms with E-state index in [1.165, 1.54) is 12.1 Å². The van der Waals surface area contributed by atoms with E-state index in [0.29, 0.717) is 38.5 Å². The third-order valence-corrected chi connectivity index (χ3v) is 5.78. The van der Waals surface area contributed by atoms with Crippen LogP contribution in [0.15, 0.2) is 60.2 Å². The summed E-state index contributed by atoms with van der Waals surface area (Å²) in [6.45, 7) is 6.09. The monoisotopic (exact) mass is 570 g/mol. The van der Waals surface area contributed by atoms with Crippen molar-refractivity contribution in [3.63, 3.8) is 0 Å². The molecule has 0 atom stereocenters. The fourth-order valence-corrected chi connectivity index (χ4v) is 4.00. The Hall–Kier alpha value is -3.38. The number of hydrogen-bond acceptors (Lipinski definition) is 4. The number of rotatable bonds is 8. The van der Waals surface area contributed by atoms with E-state index >= 15 is 0 Å². The normalized spacial score (nSPS) is 11.0. The number of hydrogen-bond donors (Lipinski definition) is 1. The molecule has 5 nitrogen and oxygen atoms in total. The van der Waals surface area contributed by atoms with Gasteiger partial charge in [0.1, 0.15) is 24.1 Å². The quantitative estimate of drug-likeness (QED) is 0.189. The van der Waals surface area contributed by atoms with Crippen LogP contribution in [0.3, 0.4) is 0 Å². The summed E-state index contributed by atoms with van der Waals surface area (Å²) in [5.74, 6) is 0.0815. The second-order valence-electron chi connectivity index (χ2n) is 7.59. The lowest BCUT2D eigenvalue weighted by Gasteiger charge is -2.15. The minimum atomic E-state index is -0.496. The summed E-state index contributed by atoms with van der Waals surface area (Å²) in [7, 11) is 0. The molecule has 1 N–H and O–H groups in total. The first-order valence-corrected chi connectivity index (χ1v) is 11.7. The highest BCUT2D eigenvalue weighted by Gasteiger charge is 2.16. The number of carbonyl (C=O) groups is 1. The van der Waals surface area contributed by atoms with Gasteiger partial charge in [-0.25, -0.2) is 4.39 Å². The van der Waals surface area contributed by atoms with E-state index in [-0.39, 0.29) is 18.0 Å². The van der Waals surface area contributed by atoms with Crippen LogP contribution in [0.4, 0.5) is 10.1 Å². The Morgan fingerprint density at radius 1 is 1.15 bits per heavy atom. The van der Waals surface area contributed by atoms with Crippen molar-refractivity contribution in [1.29, 1.82) is 5.26 Å². The smallest absolute Gasteiger partial charge is 0.266 e. The molecule has 0 bridgehead atoms. The molecule has 34 heavy (non-hydrogen) atoms. The first-order valence-electron chi connectivity index (χ1n) is 10.6. The average Bonchev–Trinajstić information content (AvgIpc) is 2.80. The summed E-state index contributed by atoms with van der Waals surface area (Å²) in [4.78, 5) is 12.8. The highest BCUT2D eigenvalue weighted by Crippen LogP contribution is 2.35. The Morgan fingerprint density at radius 3 is 2.62 bits per heavy atom. The molecule has 0 aliphatic rings. The van der Waals surface area contributed by atoms with Crippen LogP contribution in [-0.2, 0) is 11.4 Å². The zero-order chi connectivity index (χ0) is 24.7. The second-order valence-corrected chi connectivity index (χ2v) is 8.75. The van der Waals surface area contributed by atoms with E-state index in [9.17, 15) is 14.4 Å². The Kier molecular flexibility index (Phi) is 8.66. The topological polar surface area (TPSA) is 71.3 Å². The summed E-state index contributed by atoms with van der Waals surface area (Å²) >= 11 is 2.09. The van der Waals surface area contributed by atoms with Gasteiger partial charge in [0.15, 0.2) is 11.5 Å². The maximum Gasteiger partial charge on any atom is 0.266 e. The van der Waals surface area contributed by atoms with Gasteiger partial charge in [0.25, 0.3) is 5.91 Å². The zero-order valence-electron chi connectivity index (χ0n) is 19.1. The fraction of sp³-hybridized carbons (Fsp3) is 0.185. The average molecular weight is 570 g/mol. The molecule has 174 valence electrons. The summed E-state index contributed by atoms with van der Waals surface area (Å²) in [6.07, 6.45) is 1.51. The highest BCUT2D eigenvalue weighted by atomic mass is 127. The number of ether oxygens (including phenoxy) is 2. The fourth-order valence-electron chi connectivity index (χ4n) is 3.22. The summed E-state index contributed by atoms with van der Waals surface area (Å²) in [5.41, 5.74) is 3.57. The van der Waals surface area contributed by atoms with Gasteiger partial charge < -0.3 is 14.8 Å². The molecule has 7 heteroatoms. The summed E-state index contributed by atoms with van der Waals surface area (Å²) in [6, 6.07) is 17.6. The first kappa shape index (κ1) is 25.2. The van der Waals surface area contributed by atoms with Gasteiger partial charge in [-0.3, -0.25) is 4.79 Å². The maximum absolute atomic E-state index is 14.0. The molecule has 0 aliphatic heterocycles. The number of aryl methyl sites for hydroxylation is 2. The molecule has 0 fully saturated rings. The van der Waals surface area contributed by atoms with Gasteiger partial charge in [0.2, 0.25) is 0 Å². The van der Waals surface area contributed by atoms with Crippen molar-refractivity contribution in [3.8, 4) is 17.6 Å². The van der Waals surface area contributed by atoms with Crippen LogP contribution in [0.5, 0.6) is 11.5 Å². The second kappa shape index (κ2) is 11.7. The van der Waals surface area contributed by atoms with Gasteiger partial charge in [0.05, 0.1) is 10.2 Å². The lowest BCUT2D eigenvalue weighted by molar-refractivity contribution is -0.112. The standard InChI is InChI=1S/C27H24FIN2O3/c1-4-33-25-14-19(13-23(29)26(25)34-16-20-7-5-6-8-22(20)28)12-21(15-30)27(32)31-24-11-17(2)9-10-18(24)3/h5-14H,4,16H2,1-3H3,(H,31,32)/b21-12+. The predicted octanol–water partition coefficient (Wildman–Crippen LogP) is 6.57. The molecule has 0 heterocycles. The first-order chi connectivity index (χ1) is 16.3. The van der Waals surface area contributed by atoms with Crippen LogP contribution >= 0.6 is 22.6 Å². The van der Waals surface area contributed by atoms with Crippen molar-refractivity contribution in [2.45, 2.75) is 27.4 Å². The molecule has 3 rings (SSSR count). The van der Waals surface area contributed by atoms with E-state index in [0.717, 1.165) is 11.1 Å². The number of nitrogens with zero attached hydrogens (tertiary/aromatic N) is 1. The molecule has 0 radical (unpaired) electrons. The molecule has 0 aliphatic carbocycles. The van der Waals surface area contributed by atoms with Crippen molar-refractivity contribution in [2.24, 2.45) is 0 Å². The Balaban J connectivity index is 1.87. The molecule has 3 aromatic rings. The van der Waals surface area contributed by atoms with E-state index in [1.54, 1.807) is 30.3 Å². The molecule has 0 saturated carbocycles. The molecule has 0 saturated heterocycles. The van der Waals surface area contributed by atoms with Crippen molar-refractivity contribution in [2.75, 3.05) is 11.9 Å². The molecular formula is C27H24FIN2O3. The summed E-state index contributed by atoms with van der Waals surface area (Å²) in [5, 5.41) is 12.4. The molecule has 1 amide bonds. The van der Waals surface area contributed by atoms with Crippen LogP contribution in [0.2, 0.25) is 0 Å². The zero-order valence-corrected chi connectivity index (χ0v) is 21.3. The summed E-state index contributed by atoms with van der Waals surface area (Å²) < 4.78 is 26.3. The number of nitriles is 1. The van der Waals surface area contributed by atoms with E-state index in [4.69, 9.17) is 9.47 Å². The lowest BCUT2D eigenvalue weighted by Crippen LogP contribution is -2.14. The third kappa shape index (κ3) is 6.35. The van der Waals surface area contributed by atoms with Gasteiger partial charge in [-0.05, 0) is 90.4 Å². The number of halogens is 2. The molecule has 3 aromatic carbocycles. The van der Waals surface area contributed by atoms with Crippen molar-refractivity contribution >= 4 is 40.3 Å². The van der Waals surface area contributed by atoms with Crippen LogP contribution < -0.4 is 14.8 Å². The van der Waals surface area contributed by atoms with Crippen LogP contribution in [0.1, 0.15) is 29.2 Å². The van der Waals surface area contributed by atoms with Gasteiger partial charge in [0, 0.05) is 11.3 Å². The van der Waals surface area contributed by atoms with E-state index in [2.05, 4.69) is 27.9 Å². The largest absolute Gasteiger partial charge is 0.490 e. The van der Waals surface area contributed by atoms with Gasteiger partial charge in [-0.2, -0.15) is 5.26 Å². The number of benzene rings is 3. The number of anilines is 1. The van der Waals surface area contributed by atoms with Crippen molar-refractivity contribution in [1.82, 2.24) is 0 Å². The highest BCUT2D eigenvalue weighted by molar-refractivity contribution is 14.1. The third-order valence-electron chi connectivity index (χ3n) is 4.98. The lowest BCUT2D eigenvalue weighted by atomic mass is 10.1. The van der Waals surface area contributed by atoms with E-state index < -0.39 is 5.91 Å². The van der Waals surface area contributed by atoms with Crippen LogP contribution in [-0.4, -0.2) is 12.5 Å². The van der Waals surface area contributed by atoms with Gasteiger partial charge in [-0.1, -0.05) is 30.3 Å². The van der Waals surface area contributed by atoms with Gasteiger partial charge in [-0.15, -0.1) is 0 Å². The Bertz CT molecular complexity index is 1280. The van der Waals surface area contributed by atoms with E-state index in [1.807, 2.05) is 45.0 Å².